The number of aromatic nitrogens is 2. The zero-order chi connectivity index (χ0) is 16.2. The molecule has 2 heterocycles. The number of nitrogens with zero attached hydrogens (tertiary/aromatic N) is 2. The Balaban J connectivity index is 1.68. The van der Waals surface area contributed by atoms with Crippen LogP contribution >= 0.6 is 22.6 Å². The highest BCUT2D eigenvalue weighted by Crippen LogP contribution is 2.18. The molecule has 3 aromatic rings. The molecular weight excluding hydrogens is 407 g/mol. The molecule has 0 aliphatic carbocycles. The van der Waals surface area contributed by atoms with Crippen LogP contribution in [-0.2, 0) is 24.6 Å². The number of hydrogen-bond acceptors (Lipinski definition) is 4. The van der Waals surface area contributed by atoms with Crippen LogP contribution in [0.4, 0.5) is 0 Å². The standard InChI is InChI=1S/C17H17IN2O3/c1-22-15-5-2-12(3-6-15)10-23-11-14-8-16-13(9-21)4-7-17(18)20(16)19-14/h2-8,21H,9-11H2,1H3. The highest BCUT2D eigenvalue weighted by Gasteiger charge is 2.08. The van der Waals surface area contributed by atoms with E-state index in [2.05, 4.69) is 27.7 Å². The number of rotatable bonds is 6. The molecule has 1 aromatic carbocycles. The van der Waals surface area contributed by atoms with E-state index in [4.69, 9.17) is 9.47 Å². The van der Waals surface area contributed by atoms with Crippen molar-refractivity contribution in [2.75, 3.05) is 7.11 Å². The van der Waals surface area contributed by atoms with Gasteiger partial charge in [-0.25, -0.2) is 4.52 Å². The number of benzene rings is 1. The number of ether oxygens (including phenoxy) is 2. The Labute approximate surface area is 148 Å². The number of fused-ring (bicyclic) bond motifs is 1. The predicted molar refractivity (Wildman–Crippen MR) is 95.3 cm³/mol. The summed E-state index contributed by atoms with van der Waals surface area (Å²) in [7, 11) is 1.65. The van der Waals surface area contributed by atoms with E-state index in [9.17, 15) is 5.11 Å². The lowest BCUT2D eigenvalue weighted by Gasteiger charge is -2.04. The number of methoxy groups -OCH3 is 1. The Morgan fingerprint density at radius 1 is 1.13 bits per heavy atom. The van der Waals surface area contributed by atoms with Crippen LogP contribution in [0, 0.1) is 3.70 Å². The third-order valence-corrected chi connectivity index (χ3v) is 4.38. The molecular formula is C17H17IN2O3. The van der Waals surface area contributed by atoms with Gasteiger partial charge >= 0.3 is 0 Å². The Morgan fingerprint density at radius 3 is 2.61 bits per heavy atom. The second-order valence-corrected chi connectivity index (χ2v) is 6.22. The summed E-state index contributed by atoms with van der Waals surface area (Å²) in [6, 6.07) is 13.6. The van der Waals surface area contributed by atoms with Crippen molar-refractivity contribution in [2.45, 2.75) is 19.8 Å². The Hall–Kier alpha value is -1.64. The molecule has 6 heteroatoms. The lowest BCUT2D eigenvalue weighted by Crippen LogP contribution is -1.98. The van der Waals surface area contributed by atoms with Crippen molar-refractivity contribution >= 4 is 28.1 Å². The zero-order valence-corrected chi connectivity index (χ0v) is 14.9. The van der Waals surface area contributed by atoms with Crippen molar-refractivity contribution in [1.29, 1.82) is 0 Å². The summed E-state index contributed by atoms with van der Waals surface area (Å²) in [5.41, 5.74) is 3.71. The maximum atomic E-state index is 9.42. The van der Waals surface area contributed by atoms with E-state index in [0.29, 0.717) is 13.2 Å². The van der Waals surface area contributed by atoms with Crippen LogP contribution in [0.15, 0.2) is 42.5 Å². The largest absolute Gasteiger partial charge is 0.497 e. The van der Waals surface area contributed by atoms with E-state index in [-0.39, 0.29) is 6.61 Å². The minimum Gasteiger partial charge on any atom is -0.497 e. The van der Waals surface area contributed by atoms with Gasteiger partial charge in [0.25, 0.3) is 0 Å². The average molecular weight is 424 g/mol. The SMILES string of the molecule is COc1ccc(COCc2cc3c(CO)ccc(I)n3n2)cc1. The highest BCUT2D eigenvalue weighted by molar-refractivity contribution is 14.1. The van der Waals surface area contributed by atoms with Crippen molar-refractivity contribution in [3.8, 4) is 5.75 Å². The van der Waals surface area contributed by atoms with Crippen LogP contribution in [0.1, 0.15) is 16.8 Å². The summed E-state index contributed by atoms with van der Waals surface area (Å²) in [6.45, 7) is 0.939. The summed E-state index contributed by atoms with van der Waals surface area (Å²) in [4.78, 5) is 0. The lowest BCUT2D eigenvalue weighted by molar-refractivity contribution is 0.104. The topological polar surface area (TPSA) is 56.0 Å². The molecule has 3 rings (SSSR count). The van der Waals surface area contributed by atoms with Gasteiger partial charge in [0.05, 0.1) is 38.1 Å². The zero-order valence-electron chi connectivity index (χ0n) is 12.7. The molecule has 2 aromatic heterocycles. The monoisotopic (exact) mass is 424 g/mol. The van der Waals surface area contributed by atoms with E-state index < -0.39 is 0 Å². The molecule has 0 aliphatic heterocycles. The number of hydrogen-bond donors (Lipinski definition) is 1. The van der Waals surface area contributed by atoms with Crippen LogP contribution in [-0.4, -0.2) is 21.8 Å². The number of aliphatic hydroxyl groups is 1. The van der Waals surface area contributed by atoms with Crippen LogP contribution in [0.3, 0.4) is 0 Å². The predicted octanol–water partition coefficient (Wildman–Crippen LogP) is 3.16. The van der Waals surface area contributed by atoms with E-state index in [1.807, 2.05) is 47.0 Å². The van der Waals surface area contributed by atoms with E-state index in [1.165, 1.54) is 0 Å². The first kappa shape index (κ1) is 16.2. The Kier molecular flexibility index (Phi) is 5.14. The molecule has 0 unspecified atom stereocenters. The first-order chi connectivity index (χ1) is 11.2. The van der Waals surface area contributed by atoms with Gasteiger partial charge in [0.2, 0.25) is 0 Å². The summed E-state index contributed by atoms with van der Waals surface area (Å²) in [5.74, 6) is 0.834. The van der Waals surface area contributed by atoms with Crippen molar-refractivity contribution in [1.82, 2.24) is 9.61 Å². The normalized spacial score (nSPS) is 11.1. The number of aliphatic hydroxyl groups excluding tert-OH is 1. The van der Waals surface area contributed by atoms with Gasteiger partial charge in [0.1, 0.15) is 9.45 Å². The fourth-order valence-electron chi connectivity index (χ4n) is 2.35. The minimum atomic E-state index is -0.00173. The molecule has 0 saturated heterocycles. The fraction of sp³-hybridized carbons (Fsp3) is 0.235. The molecule has 0 spiro atoms. The molecule has 0 fully saturated rings. The molecule has 120 valence electrons. The second kappa shape index (κ2) is 7.29. The summed E-state index contributed by atoms with van der Waals surface area (Å²) < 4.78 is 13.7. The van der Waals surface area contributed by atoms with Gasteiger partial charge < -0.3 is 14.6 Å². The maximum absolute atomic E-state index is 9.42. The second-order valence-electron chi connectivity index (χ2n) is 5.11. The highest BCUT2D eigenvalue weighted by atomic mass is 127. The van der Waals surface area contributed by atoms with Crippen molar-refractivity contribution < 1.29 is 14.6 Å². The lowest BCUT2D eigenvalue weighted by atomic mass is 10.2. The van der Waals surface area contributed by atoms with Crippen LogP contribution in [0.5, 0.6) is 5.75 Å². The quantitative estimate of drug-likeness (QED) is 0.488. The van der Waals surface area contributed by atoms with E-state index in [1.54, 1.807) is 7.11 Å². The Morgan fingerprint density at radius 2 is 1.91 bits per heavy atom. The van der Waals surface area contributed by atoms with Gasteiger partial charge in [0.15, 0.2) is 0 Å². The van der Waals surface area contributed by atoms with Gasteiger partial charge in [-0.15, -0.1) is 0 Å². The minimum absolute atomic E-state index is 0.00173. The summed E-state index contributed by atoms with van der Waals surface area (Å²) in [6.07, 6.45) is 0. The molecule has 1 N–H and O–H groups in total. The third-order valence-electron chi connectivity index (χ3n) is 3.56. The molecule has 0 radical (unpaired) electrons. The van der Waals surface area contributed by atoms with Crippen molar-refractivity contribution in [3.05, 3.63) is 63.0 Å². The van der Waals surface area contributed by atoms with Gasteiger partial charge in [-0.2, -0.15) is 5.10 Å². The number of halogens is 1. The van der Waals surface area contributed by atoms with Crippen LogP contribution < -0.4 is 4.74 Å². The molecule has 23 heavy (non-hydrogen) atoms. The molecule has 5 nitrogen and oxygen atoms in total. The fourth-order valence-corrected chi connectivity index (χ4v) is 2.89. The number of pyridine rings is 1. The Bertz CT molecular complexity index is 799. The van der Waals surface area contributed by atoms with Crippen LogP contribution in [0.2, 0.25) is 0 Å². The van der Waals surface area contributed by atoms with Crippen molar-refractivity contribution in [3.63, 3.8) is 0 Å². The smallest absolute Gasteiger partial charge is 0.118 e. The molecule has 0 saturated carbocycles. The summed E-state index contributed by atoms with van der Waals surface area (Å²) in [5, 5.41) is 14.0. The van der Waals surface area contributed by atoms with Crippen LogP contribution in [0.25, 0.3) is 5.52 Å². The van der Waals surface area contributed by atoms with E-state index in [0.717, 1.165) is 31.8 Å². The van der Waals surface area contributed by atoms with E-state index >= 15 is 0 Å². The first-order valence-corrected chi connectivity index (χ1v) is 8.26. The van der Waals surface area contributed by atoms with Gasteiger partial charge in [-0.3, -0.25) is 0 Å². The maximum Gasteiger partial charge on any atom is 0.118 e. The molecule has 0 aliphatic rings. The molecule has 0 amide bonds. The molecule has 0 atom stereocenters. The van der Waals surface area contributed by atoms with Crippen molar-refractivity contribution in [2.24, 2.45) is 0 Å². The van der Waals surface area contributed by atoms with Gasteiger partial charge in [0, 0.05) is 5.56 Å². The summed E-state index contributed by atoms with van der Waals surface area (Å²) >= 11 is 2.22. The average Bonchev–Trinajstić information content (AvgIpc) is 3.01. The van der Waals surface area contributed by atoms with Gasteiger partial charge in [-0.05, 0) is 52.4 Å². The first-order valence-electron chi connectivity index (χ1n) is 7.19. The van der Waals surface area contributed by atoms with Gasteiger partial charge in [-0.1, -0.05) is 18.2 Å². The third kappa shape index (κ3) is 3.65. The molecule has 0 bridgehead atoms.